The maximum absolute atomic E-state index is 15.3. The predicted molar refractivity (Wildman–Crippen MR) is 271 cm³/mol. The number of aliphatic hydroxyl groups is 3. The lowest BCUT2D eigenvalue weighted by Crippen LogP contribution is -2.81. The highest BCUT2D eigenvalue weighted by atomic mass is 16.6. The van der Waals surface area contributed by atoms with Gasteiger partial charge in [0.05, 0.1) is 36.2 Å². The molecule has 6 rings (SSSR count). The van der Waals surface area contributed by atoms with E-state index < -0.39 is 131 Å². The van der Waals surface area contributed by atoms with Gasteiger partial charge >= 0.3 is 30.0 Å². The lowest BCUT2D eigenvalue weighted by molar-refractivity contribution is -0.346. The number of rotatable bonds is 22. The Morgan fingerprint density at radius 1 is 0.857 bits per heavy atom. The van der Waals surface area contributed by atoms with E-state index in [-0.39, 0.29) is 60.7 Å². The molecule has 2 saturated carbocycles. The van der Waals surface area contributed by atoms with Crippen LogP contribution >= 0.6 is 0 Å². The van der Waals surface area contributed by atoms with Crippen molar-refractivity contribution >= 4 is 47.4 Å². The number of unbranched alkanes of at least 4 members (excludes halogenated alkanes) is 2. The van der Waals surface area contributed by atoms with Crippen LogP contribution in [-0.4, -0.2) is 156 Å². The van der Waals surface area contributed by atoms with E-state index in [2.05, 4.69) is 10.6 Å². The number of esters is 4. The van der Waals surface area contributed by atoms with Crippen molar-refractivity contribution in [2.75, 3.05) is 39.6 Å². The Kier molecular flexibility index (Phi) is 19.3. The van der Waals surface area contributed by atoms with Crippen LogP contribution in [0.5, 0.6) is 0 Å². The number of nitrogens with one attached hydrogen (secondary N) is 2. The summed E-state index contributed by atoms with van der Waals surface area (Å²) in [4.78, 5) is 109. The molecule has 2 amide bonds. The Labute approximate surface area is 448 Å². The Hall–Kier alpha value is -6.10. The lowest BCUT2D eigenvalue weighted by Gasteiger charge is -2.67. The van der Waals surface area contributed by atoms with Gasteiger partial charge in [0.15, 0.2) is 17.2 Å². The van der Waals surface area contributed by atoms with E-state index in [9.17, 15) is 44.1 Å². The summed E-state index contributed by atoms with van der Waals surface area (Å²) in [5, 5.41) is 43.3. The first-order valence-corrected chi connectivity index (χ1v) is 25.9. The molecule has 1 heterocycles. The number of ketones is 2. The van der Waals surface area contributed by atoms with Crippen LogP contribution in [0.15, 0.2) is 71.8 Å². The third-order valence-electron chi connectivity index (χ3n) is 15.1. The predicted octanol–water partition coefficient (Wildman–Crippen LogP) is 4.11. The zero-order valence-electron chi connectivity index (χ0n) is 45.3. The molecule has 21 nitrogen and oxygen atoms in total. The summed E-state index contributed by atoms with van der Waals surface area (Å²) >= 11 is 0. The van der Waals surface area contributed by atoms with E-state index >= 15 is 9.59 Å². The van der Waals surface area contributed by atoms with Crippen LogP contribution in [0.1, 0.15) is 123 Å². The standard InChI is InChI=1S/C56H74N2O19/c1-32(59)30-71-25-18-12-17-24-70-26-23-40(62)57-29-41(63)74-45(43(35-19-13-10-14-20-35)58-51(68)77-52(4,5)6)50(67)73-37-28-56(69)48(75-49(66)36-21-15-11-16-22-36)46-54(9,47(65)44(64)42(33(37)2)53(56,7)8)38(61)27-39-55(46,31-72-39)76-34(3)60/h10-11,13-16,19-22,37-39,43-46,48,61,64,69H,12,17-18,23-31H2,1-9H3,(H,57,62)(H,58,68)/t37-,38-,39?,43-,44+,45+,46?,48-,54?,55-,56+/m0/s1. The highest BCUT2D eigenvalue weighted by Gasteiger charge is 2.78. The second-order valence-corrected chi connectivity index (χ2v) is 22.0. The summed E-state index contributed by atoms with van der Waals surface area (Å²) in [6.07, 6.45) is -10.2. The van der Waals surface area contributed by atoms with Crippen molar-refractivity contribution in [2.24, 2.45) is 16.7 Å². The summed E-state index contributed by atoms with van der Waals surface area (Å²) in [7, 11) is 0. The number of alkyl carbamates (subject to hydrolysis) is 1. The zero-order valence-corrected chi connectivity index (χ0v) is 45.3. The first kappa shape index (κ1) is 60.1. The zero-order chi connectivity index (χ0) is 56.7. The SMILES string of the molecule is CC(=O)COCCCCCOCCC(=O)NCC(=O)O[C@@H](C(=O)O[C@H]1C[C@@]2(O)[C@@H](OC(=O)c3ccccc3)C3C(C)(C(=O)[C@H](O)C(=C1C)C2(C)C)[C@@H](O)CC1OC[C@]13OC(C)=O)[C@@H](NC(=O)OC(C)(C)C)c1ccccc1. The van der Waals surface area contributed by atoms with Gasteiger partial charge in [-0.15, -0.1) is 0 Å². The van der Waals surface area contributed by atoms with E-state index in [0.29, 0.717) is 19.6 Å². The number of Topliss-reactive ketones (excluding diaryl/α,β-unsaturated/α-hetero) is 2. The molecule has 422 valence electrons. The van der Waals surface area contributed by atoms with E-state index in [1.165, 1.54) is 58.9 Å². The van der Waals surface area contributed by atoms with Gasteiger partial charge in [-0.05, 0) is 89.6 Å². The number of amides is 2. The van der Waals surface area contributed by atoms with Crippen molar-refractivity contribution in [3.63, 3.8) is 0 Å². The Morgan fingerprint density at radius 3 is 2.09 bits per heavy atom. The van der Waals surface area contributed by atoms with Gasteiger partial charge in [-0.1, -0.05) is 62.4 Å². The van der Waals surface area contributed by atoms with E-state index in [1.54, 1.807) is 57.2 Å². The maximum atomic E-state index is 15.3. The third-order valence-corrected chi connectivity index (χ3v) is 15.1. The van der Waals surface area contributed by atoms with Crippen molar-refractivity contribution in [1.82, 2.24) is 10.6 Å². The van der Waals surface area contributed by atoms with E-state index in [0.717, 1.165) is 19.8 Å². The molecule has 0 spiro atoms. The molecule has 1 saturated heterocycles. The number of carbonyl (C=O) groups excluding carboxylic acids is 8. The minimum Gasteiger partial charge on any atom is -0.455 e. The molecule has 0 aromatic heterocycles. The molecule has 11 atom stereocenters. The number of carbonyl (C=O) groups is 8. The molecule has 0 radical (unpaired) electrons. The smallest absolute Gasteiger partial charge is 0.408 e. The minimum atomic E-state index is -2.48. The number of aliphatic hydroxyl groups excluding tert-OH is 2. The summed E-state index contributed by atoms with van der Waals surface area (Å²) in [5.41, 5.74) is -8.97. The normalized spacial score (nSPS) is 28.1. The quantitative estimate of drug-likeness (QED) is 0.0480. The van der Waals surface area contributed by atoms with Gasteiger partial charge in [-0.2, -0.15) is 0 Å². The minimum absolute atomic E-state index is 0.0260. The second-order valence-electron chi connectivity index (χ2n) is 22.0. The summed E-state index contributed by atoms with van der Waals surface area (Å²) in [6, 6.07) is 14.1. The molecule has 4 aliphatic rings. The van der Waals surface area contributed by atoms with Gasteiger partial charge in [0.1, 0.15) is 54.8 Å². The van der Waals surface area contributed by atoms with Crippen molar-refractivity contribution < 1.29 is 91.6 Å². The van der Waals surface area contributed by atoms with E-state index in [4.69, 9.17) is 37.9 Å². The van der Waals surface area contributed by atoms with Crippen LogP contribution in [0.4, 0.5) is 4.79 Å². The Balaban J connectivity index is 1.35. The molecule has 3 unspecified atom stereocenters. The van der Waals surface area contributed by atoms with Crippen LogP contribution in [-0.2, 0) is 66.7 Å². The summed E-state index contributed by atoms with van der Waals surface area (Å²) in [5.74, 6) is -7.46. The van der Waals surface area contributed by atoms with Gasteiger partial charge in [-0.25, -0.2) is 14.4 Å². The molecule has 3 fully saturated rings. The van der Waals surface area contributed by atoms with Crippen LogP contribution < -0.4 is 10.6 Å². The van der Waals surface area contributed by atoms with Gasteiger partial charge in [-0.3, -0.25) is 24.0 Å². The molecule has 21 heteroatoms. The molecule has 5 N–H and O–H groups in total. The van der Waals surface area contributed by atoms with Gasteiger partial charge in [0, 0.05) is 44.8 Å². The molecule has 3 aliphatic carbocycles. The largest absolute Gasteiger partial charge is 0.455 e. The molecule has 77 heavy (non-hydrogen) atoms. The average molecular weight is 1080 g/mol. The number of benzene rings is 2. The lowest BCUT2D eigenvalue weighted by atomic mass is 9.44. The average Bonchev–Trinajstić information content (AvgIpc) is 3.35. The molecule has 2 bridgehead atoms. The second kappa shape index (κ2) is 24.7. The molecular formula is C56H74N2O19. The van der Waals surface area contributed by atoms with Crippen molar-refractivity contribution in [3.8, 4) is 0 Å². The summed E-state index contributed by atoms with van der Waals surface area (Å²) < 4.78 is 46.8. The van der Waals surface area contributed by atoms with Crippen LogP contribution in [0.25, 0.3) is 0 Å². The van der Waals surface area contributed by atoms with Gasteiger partial charge < -0.3 is 63.8 Å². The number of fused-ring (bicyclic) bond motifs is 5. The fourth-order valence-electron chi connectivity index (χ4n) is 11.2. The van der Waals surface area contributed by atoms with Crippen molar-refractivity contribution in [2.45, 2.75) is 160 Å². The summed E-state index contributed by atoms with van der Waals surface area (Å²) in [6.45, 7) is 13.0. The highest BCUT2D eigenvalue weighted by molar-refractivity contribution is 5.94. The third kappa shape index (κ3) is 13.3. The first-order chi connectivity index (χ1) is 36.2. The van der Waals surface area contributed by atoms with Crippen LogP contribution in [0, 0.1) is 16.7 Å². The number of hydrogen-bond donors (Lipinski definition) is 5. The van der Waals surface area contributed by atoms with Gasteiger partial charge in [0.2, 0.25) is 12.0 Å². The monoisotopic (exact) mass is 1080 g/mol. The van der Waals surface area contributed by atoms with Gasteiger partial charge in [0.25, 0.3) is 0 Å². The van der Waals surface area contributed by atoms with E-state index in [1.807, 2.05) is 0 Å². The number of ether oxygens (including phenoxy) is 8. The van der Waals surface area contributed by atoms with Crippen LogP contribution in [0.2, 0.25) is 0 Å². The Morgan fingerprint density at radius 2 is 1.49 bits per heavy atom. The van der Waals surface area contributed by atoms with Crippen LogP contribution in [0.3, 0.4) is 0 Å². The molecule has 1 aliphatic heterocycles. The number of hydrogen-bond acceptors (Lipinski definition) is 19. The maximum Gasteiger partial charge on any atom is 0.408 e. The fourth-order valence-corrected chi connectivity index (χ4v) is 11.2. The molecular weight excluding hydrogens is 1000 g/mol. The topological polar surface area (TPSA) is 295 Å². The fraction of sp³-hybridized carbons (Fsp3) is 0.607. The first-order valence-electron chi connectivity index (χ1n) is 25.9. The van der Waals surface area contributed by atoms with Crippen molar-refractivity contribution in [1.29, 1.82) is 0 Å². The molecule has 2 aromatic carbocycles. The highest BCUT2D eigenvalue weighted by Crippen LogP contribution is 2.64. The molecule has 2 aromatic rings. The Bertz CT molecular complexity index is 2530. The van der Waals surface area contributed by atoms with Crippen molar-refractivity contribution in [3.05, 3.63) is 82.9 Å².